The first kappa shape index (κ1) is 19.9. The number of benzene rings is 2. The molecule has 30 heavy (non-hydrogen) atoms. The number of carboxylic acid groups (broad SMARTS) is 1. The molecule has 150 valence electrons. The fourth-order valence-electron chi connectivity index (χ4n) is 3.03. The van der Waals surface area contributed by atoms with Crippen LogP contribution in [0.1, 0.15) is 23.0 Å². The van der Waals surface area contributed by atoms with E-state index in [0.29, 0.717) is 44.1 Å². The van der Waals surface area contributed by atoms with Crippen LogP contribution < -0.4 is 5.01 Å². The van der Waals surface area contributed by atoms with Crippen LogP contribution in [0.5, 0.6) is 0 Å². The predicted octanol–water partition coefficient (Wildman–Crippen LogP) is 5.76. The van der Waals surface area contributed by atoms with E-state index in [-0.39, 0.29) is 11.5 Å². The molecule has 1 amide bonds. The number of furan rings is 1. The summed E-state index contributed by atoms with van der Waals surface area (Å²) < 4.78 is 5.83. The molecule has 0 spiro atoms. The van der Waals surface area contributed by atoms with Crippen molar-refractivity contribution in [2.75, 3.05) is 5.01 Å². The zero-order chi connectivity index (χ0) is 21.4. The van der Waals surface area contributed by atoms with E-state index in [1.54, 1.807) is 55.5 Å². The van der Waals surface area contributed by atoms with Crippen LogP contribution in [0.2, 0.25) is 10.0 Å². The van der Waals surface area contributed by atoms with Crippen LogP contribution >= 0.6 is 23.2 Å². The molecule has 0 atom stereocenters. The van der Waals surface area contributed by atoms with Crippen LogP contribution in [0.4, 0.5) is 5.69 Å². The first-order chi connectivity index (χ1) is 14.3. The molecule has 0 radical (unpaired) electrons. The number of carbonyl (C=O) groups is 2. The Hall–Kier alpha value is -3.35. The third-order valence-corrected chi connectivity index (χ3v) is 5.07. The fraction of sp³-hybridized carbons (Fsp3) is 0.0455. The number of anilines is 1. The van der Waals surface area contributed by atoms with E-state index in [0.717, 1.165) is 0 Å². The molecular formula is C22H14Cl2N2O4. The summed E-state index contributed by atoms with van der Waals surface area (Å²) in [5, 5.41) is 15.6. The highest BCUT2D eigenvalue weighted by Crippen LogP contribution is 2.33. The van der Waals surface area contributed by atoms with Gasteiger partial charge < -0.3 is 9.52 Å². The van der Waals surface area contributed by atoms with Gasteiger partial charge in [-0.05, 0) is 61.5 Å². The lowest BCUT2D eigenvalue weighted by molar-refractivity contribution is -0.114. The largest absolute Gasteiger partial charge is 0.478 e. The number of carbonyl (C=O) groups excluding carboxylic acids is 1. The first-order valence-electron chi connectivity index (χ1n) is 8.84. The third kappa shape index (κ3) is 3.75. The van der Waals surface area contributed by atoms with Gasteiger partial charge in [-0.15, -0.1) is 0 Å². The summed E-state index contributed by atoms with van der Waals surface area (Å²) >= 11 is 12.3. The van der Waals surface area contributed by atoms with Crippen LogP contribution in [0.15, 0.2) is 69.7 Å². The summed E-state index contributed by atoms with van der Waals surface area (Å²) in [6.45, 7) is 1.70. The minimum Gasteiger partial charge on any atom is -0.478 e. The van der Waals surface area contributed by atoms with Gasteiger partial charge in [0.05, 0.1) is 27.6 Å². The van der Waals surface area contributed by atoms with Crippen molar-refractivity contribution in [3.8, 4) is 11.3 Å². The Morgan fingerprint density at radius 2 is 1.93 bits per heavy atom. The highest BCUT2D eigenvalue weighted by molar-refractivity contribution is 6.35. The lowest BCUT2D eigenvalue weighted by Gasteiger charge is -2.12. The molecule has 6 nitrogen and oxygen atoms in total. The number of amides is 1. The maximum atomic E-state index is 12.9. The van der Waals surface area contributed by atoms with E-state index in [1.807, 2.05) is 0 Å². The van der Waals surface area contributed by atoms with Crippen molar-refractivity contribution in [1.82, 2.24) is 0 Å². The number of hydrazone groups is 1. The maximum absolute atomic E-state index is 12.9. The smallest absolute Gasteiger partial charge is 0.335 e. The average molecular weight is 441 g/mol. The number of rotatable bonds is 4. The Balaban J connectivity index is 1.64. The van der Waals surface area contributed by atoms with E-state index in [2.05, 4.69) is 5.10 Å². The van der Waals surface area contributed by atoms with E-state index in [9.17, 15) is 9.59 Å². The number of carboxylic acids is 1. The van der Waals surface area contributed by atoms with Gasteiger partial charge in [-0.1, -0.05) is 29.3 Å². The summed E-state index contributed by atoms with van der Waals surface area (Å²) in [5.41, 5.74) is 1.91. The summed E-state index contributed by atoms with van der Waals surface area (Å²) in [6, 6.07) is 14.5. The molecule has 8 heteroatoms. The van der Waals surface area contributed by atoms with Gasteiger partial charge in [0.15, 0.2) is 0 Å². The van der Waals surface area contributed by atoms with Crippen LogP contribution in [-0.2, 0) is 4.79 Å². The Labute approximate surface area is 181 Å². The van der Waals surface area contributed by atoms with Crippen molar-refractivity contribution < 1.29 is 19.1 Å². The van der Waals surface area contributed by atoms with E-state index < -0.39 is 5.97 Å². The average Bonchev–Trinajstić information content (AvgIpc) is 3.30. The second kappa shape index (κ2) is 7.82. The van der Waals surface area contributed by atoms with Crippen molar-refractivity contribution in [1.29, 1.82) is 0 Å². The second-order valence-corrected chi connectivity index (χ2v) is 7.39. The van der Waals surface area contributed by atoms with Crippen molar-refractivity contribution in [2.45, 2.75) is 6.92 Å². The highest BCUT2D eigenvalue weighted by Gasteiger charge is 2.29. The molecule has 1 aromatic heterocycles. The zero-order valence-electron chi connectivity index (χ0n) is 15.6. The molecule has 0 fully saturated rings. The highest BCUT2D eigenvalue weighted by atomic mass is 35.5. The molecule has 1 aliphatic heterocycles. The van der Waals surface area contributed by atoms with E-state index in [1.165, 1.54) is 17.1 Å². The quantitative estimate of drug-likeness (QED) is 0.522. The van der Waals surface area contributed by atoms with Gasteiger partial charge >= 0.3 is 5.97 Å². The van der Waals surface area contributed by atoms with Crippen LogP contribution in [0.25, 0.3) is 17.4 Å². The molecule has 3 aromatic rings. The first-order valence-corrected chi connectivity index (χ1v) is 9.59. The molecule has 0 bridgehead atoms. The van der Waals surface area contributed by atoms with Gasteiger partial charge in [-0.2, -0.15) is 10.1 Å². The standard InChI is InChI=1S/C22H14Cl2N2O4/c1-12-17(21(27)26(25-12)15-4-2-3-13(9-15)22(28)29)11-16-6-8-20(30-16)18-10-14(23)5-7-19(18)24/h2-11H,1H3,(H,28,29)/b17-11+. The van der Waals surface area contributed by atoms with Gasteiger partial charge in [0, 0.05) is 10.6 Å². The number of aromatic carboxylic acids is 1. The lowest BCUT2D eigenvalue weighted by atomic mass is 10.1. The minimum absolute atomic E-state index is 0.0691. The SMILES string of the molecule is CC1=NN(c2cccc(C(=O)O)c2)C(=O)/C1=C/c1ccc(-c2cc(Cl)ccc2Cl)o1. The molecule has 2 aromatic carbocycles. The monoisotopic (exact) mass is 440 g/mol. The Morgan fingerprint density at radius 3 is 2.70 bits per heavy atom. The topological polar surface area (TPSA) is 83.1 Å². The molecule has 0 saturated heterocycles. The summed E-state index contributed by atoms with van der Waals surface area (Å²) in [7, 11) is 0. The summed E-state index contributed by atoms with van der Waals surface area (Å²) in [6.07, 6.45) is 1.59. The van der Waals surface area contributed by atoms with E-state index in [4.69, 9.17) is 32.7 Å². The van der Waals surface area contributed by atoms with Gasteiger partial charge in [-0.25, -0.2) is 4.79 Å². The Morgan fingerprint density at radius 1 is 1.13 bits per heavy atom. The zero-order valence-corrected chi connectivity index (χ0v) is 17.1. The van der Waals surface area contributed by atoms with Crippen LogP contribution in [-0.4, -0.2) is 22.7 Å². The van der Waals surface area contributed by atoms with Crippen LogP contribution in [0, 0.1) is 0 Å². The van der Waals surface area contributed by atoms with Crippen molar-refractivity contribution in [2.24, 2.45) is 5.10 Å². The summed E-state index contributed by atoms with van der Waals surface area (Å²) in [4.78, 5) is 24.1. The molecule has 0 aliphatic carbocycles. The van der Waals surface area contributed by atoms with Gasteiger partial charge in [0.1, 0.15) is 11.5 Å². The lowest BCUT2D eigenvalue weighted by Crippen LogP contribution is -2.21. The number of hydrogen-bond donors (Lipinski definition) is 1. The summed E-state index contributed by atoms with van der Waals surface area (Å²) in [5.74, 6) is -0.503. The number of nitrogens with zero attached hydrogens (tertiary/aromatic N) is 2. The molecule has 2 heterocycles. The normalized spacial score (nSPS) is 15.0. The van der Waals surface area contributed by atoms with Crippen molar-refractivity contribution >= 4 is 52.6 Å². The Kier molecular flexibility index (Phi) is 5.20. The van der Waals surface area contributed by atoms with Crippen molar-refractivity contribution in [3.63, 3.8) is 0 Å². The second-order valence-electron chi connectivity index (χ2n) is 6.54. The van der Waals surface area contributed by atoms with Crippen LogP contribution in [0.3, 0.4) is 0 Å². The third-order valence-electron chi connectivity index (χ3n) is 4.51. The molecular weight excluding hydrogens is 427 g/mol. The minimum atomic E-state index is -1.08. The van der Waals surface area contributed by atoms with Crippen molar-refractivity contribution in [3.05, 3.63) is 81.5 Å². The van der Waals surface area contributed by atoms with E-state index >= 15 is 0 Å². The predicted molar refractivity (Wildman–Crippen MR) is 116 cm³/mol. The van der Waals surface area contributed by atoms with Gasteiger partial charge in [0.25, 0.3) is 5.91 Å². The molecule has 4 rings (SSSR count). The number of halogens is 2. The molecule has 1 N–H and O–H groups in total. The molecule has 0 unspecified atom stereocenters. The Bertz CT molecular complexity index is 1240. The number of hydrogen-bond acceptors (Lipinski definition) is 4. The molecule has 1 aliphatic rings. The maximum Gasteiger partial charge on any atom is 0.335 e. The fourth-order valence-corrected chi connectivity index (χ4v) is 3.42. The van der Waals surface area contributed by atoms with Gasteiger partial charge in [-0.3, -0.25) is 4.79 Å². The molecule has 0 saturated carbocycles. The van der Waals surface area contributed by atoms with Gasteiger partial charge in [0.2, 0.25) is 0 Å².